The standard InChI is InChI=1S/C13H18ClNO/c1-3-15(11-5-6-11)13-7-4-10(9(2)16)8-12(13)14/h4,7-9,11,16H,3,5-6H2,1-2H3/t9-/m1/s1. The van der Waals surface area contributed by atoms with Crippen LogP contribution >= 0.6 is 11.6 Å². The summed E-state index contributed by atoms with van der Waals surface area (Å²) in [5.41, 5.74) is 1.97. The summed E-state index contributed by atoms with van der Waals surface area (Å²) in [7, 11) is 0. The molecule has 1 aromatic carbocycles. The van der Waals surface area contributed by atoms with Crippen LogP contribution in [-0.2, 0) is 0 Å². The molecule has 1 N–H and O–H groups in total. The minimum atomic E-state index is -0.456. The zero-order valence-electron chi connectivity index (χ0n) is 9.78. The van der Waals surface area contributed by atoms with Crippen LogP contribution in [0.5, 0.6) is 0 Å². The van der Waals surface area contributed by atoms with Gasteiger partial charge in [-0.3, -0.25) is 0 Å². The molecule has 3 heteroatoms. The van der Waals surface area contributed by atoms with Crippen LogP contribution < -0.4 is 4.90 Å². The van der Waals surface area contributed by atoms with Gasteiger partial charge < -0.3 is 10.0 Å². The van der Waals surface area contributed by atoms with Crippen molar-refractivity contribution in [3.05, 3.63) is 28.8 Å². The largest absolute Gasteiger partial charge is 0.389 e. The molecule has 1 saturated carbocycles. The number of aliphatic hydroxyl groups is 1. The molecule has 88 valence electrons. The average Bonchev–Trinajstić information content (AvgIpc) is 3.05. The predicted octanol–water partition coefficient (Wildman–Crippen LogP) is 3.38. The summed E-state index contributed by atoms with van der Waals surface area (Å²) < 4.78 is 0. The molecule has 0 amide bonds. The molecule has 0 unspecified atom stereocenters. The molecule has 1 fully saturated rings. The molecule has 1 aliphatic carbocycles. The molecular weight excluding hydrogens is 222 g/mol. The van der Waals surface area contributed by atoms with E-state index in [2.05, 4.69) is 11.8 Å². The van der Waals surface area contributed by atoms with E-state index in [0.717, 1.165) is 22.8 Å². The van der Waals surface area contributed by atoms with Crippen molar-refractivity contribution in [3.8, 4) is 0 Å². The van der Waals surface area contributed by atoms with Gasteiger partial charge in [-0.15, -0.1) is 0 Å². The summed E-state index contributed by atoms with van der Waals surface area (Å²) in [6, 6.07) is 6.51. The Hall–Kier alpha value is -0.730. The monoisotopic (exact) mass is 239 g/mol. The van der Waals surface area contributed by atoms with E-state index < -0.39 is 6.10 Å². The van der Waals surface area contributed by atoms with E-state index in [4.69, 9.17) is 11.6 Å². The molecule has 0 aromatic heterocycles. The molecule has 0 aliphatic heterocycles. The van der Waals surface area contributed by atoms with E-state index in [9.17, 15) is 5.11 Å². The Morgan fingerprint density at radius 3 is 2.62 bits per heavy atom. The molecule has 0 saturated heterocycles. The van der Waals surface area contributed by atoms with Gasteiger partial charge in [-0.2, -0.15) is 0 Å². The smallest absolute Gasteiger partial charge is 0.0762 e. The molecule has 0 radical (unpaired) electrons. The average molecular weight is 240 g/mol. The summed E-state index contributed by atoms with van der Waals surface area (Å²) >= 11 is 6.27. The second-order valence-corrected chi connectivity index (χ2v) is 4.81. The first-order valence-corrected chi connectivity index (χ1v) is 6.25. The summed E-state index contributed by atoms with van der Waals surface area (Å²) in [5.74, 6) is 0. The van der Waals surface area contributed by atoms with Gasteiger partial charge in [0.15, 0.2) is 0 Å². The number of nitrogens with zero attached hydrogens (tertiary/aromatic N) is 1. The van der Waals surface area contributed by atoms with Crippen molar-refractivity contribution in [1.29, 1.82) is 0 Å². The lowest BCUT2D eigenvalue weighted by Crippen LogP contribution is -2.25. The van der Waals surface area contributed by atoms with Gasteiger partial charge >= 0.3 is 0 Å². The van der Waals surface area contributed by atoms with Gasteiger partial charge in [0.1, 0.15) is 0 Å². The van der Waals surface area contributed by atoms with Gasteiger partial charge in [0.05, 0.1) is 16.8 Å². The van der Waals surface area contributed by atoms with Crippen LogP contribution in [0.15, 0.2) is 18.2 Å². The fraction of sp³-hybridized carbons (Fsp3) is 0.538. The van der Waals surface area contributed by atoms with Crippen LogP contribution in [0.1, 0.15) is 38.4 Å². The van der Waals surface area contributed by atoms with Crippen LogP contribution in [0.4, 0.5) is 5.69 Å². The maximum Gasteiger partial charge on any atom is 0.0762 e. The van der Waals surface area contributed by atoms with Crippen LogP contribution in [0.3, 0.4) is 0 Å². The first-order chi connectivity index (χ1) is 7.63. The maximum absolute atomic E-state index is 9.48. The molecule has 1 atom stereocenters. The van der Waals surface area contributed by atoms with Crippen molar-refractivity contribution in [3.63, 3.8) is 0 Å². The zero-order chi connectivity index (χ0) is 11.7. The molecule has 16 heavy (non-hydrogen) atoms. The number of hydrogen-bond donors (Lipinski definition) is 1. The first kappa shape index (κ1) is 11.7. The highest BCUT2D eigenvalue weighted by molar-refractivity contribution is 6.33. The number of aliphatic hydroxyl groups excluding tert-OH is 1. The predicted molar refractivity (Wildman–Crippen MR) is 68.1 cm³/mol. The van der Waals surface area contributed by atoms with E-state index in [1.54, 1.807) is 6.92 Å². The maximum atomic E-state index is 9.48. The fourth-order valence-corrected chi connectivity index (χ4v) is 2.32. The Balaban J connectivity index is 2.27. The summed E-state index contributed by atoms with van der Waals surface area (Å²) in [5, 5.41) is 10.2. The molecule has 1 aromatic rings. The Morgan fingerprint density at radius 1 is 1.50 bits per heavy atom. The molecular formula is C13H18ClNO. The summed E-state index contributed by atoms with van der Waals surface area (Å²) in [6.07, 6.45) is 2.08. The number of halogens is 1. The highest BCUT2D eigenvalue weighted by Gasteiger charge is 2.29. The van der Waals surface area contributed by atoms with Crippen LogP contribution in [0.2, 0.25) is 5.02 Å². The van der Waals surface area contributed by atoms with E-state index in [-0.39, 0.29) is 0 Å². The Morgan fingerprint density at radius 2 is 2.19 bits per heavy atom. The first-order valence-electron chi connectivity index (χ1n) is 5.87. The van der Waals surface area contributed by atoms with Gasteiger partial charge in [0.25, 0.3) is 0 Å². The van der Waals surface area contributed by atoms with Gasteiger partial charge in [-0.25, -0.2) is 0 Å². The highest BCUT2D eigenvalue weighted by Crippen LogP contribution is 2.36. The molecule has 0 heterocycles. The lowest BCUT2D eigenvalue weighted by Gasteiger charge is -2.24. The minimum absolute atomic E-state index is 0.456. The minimum Gasteiger partial charge on any atom is -0.389 e. The number of hydrogen-bond acceptors (Lipinski definition) is 2. The van der Waals surface area contributed by atoms with Gasteiger partial charge in [0.2, 0.25) is 0 Å². The zero-order valence-corrected chi connectivity index (χ0v) is 10.5. The lowest BCUT2D eigenvalue weighted by molar-refractivity contribution is 0.199. The Kier molecular flexibility index (Phi) is 3.41. The van der Waals surface area contributed by atoms with Crippen molar-refractivity contribution in [2.24, 2.45) is 0 Å². The number of rotatable bonds is 4. The second-order valence-electron chi connectivity index (χ2n) is 4.40. The fourth-order valence-electron chi connectivity index (χ4n) is 2.03. The van der Waals surface area contributed by atoms with Crippen LogP contribution in [-0.4, -0.2) is 17.7 Å². The normalized spacial score (nSPS) is 17.2. The van der Waals surface area contributed by atoms with Crippen molar-refractivity contribution >= 4 is 17.3 Å². The van der Waals surface area contributed by atoms with Crippen molar-refractivity contribution in [2.75, 3.05) is 11.4 Å². The van der Waals surface area contributed by atoms with E-state index in [0.29, 0.717) is 6.04 Å². The third kappa shape index (κ3) is 2.33. The topological polar surface area (TPSA) is 23.5 Å². The van der Waals surface area contributed by atoms with Gasteiger partial charge in [-0.05, 0) is 44.4 Å². The van der Waals surface area contributed by atoms with Crippen molar-refractivity contribution in [2.45, 2.75) is 38.8 Å². The third-order valence-corrected chi connectivity index (χ3v) is 3.39. The summed E-state index contributed by atoms with van der Waals surface area (Å²) in [6.45, 7) is 4.89. The van der Waals surface area contributed by atoms with Crippen LogP contribution in [0, 0.1) is 0 Å². The highest BCUT2D eigenvalue weighted by atomic mass is 35.5. The second kappa shape index (κ2) is 4.64. The molecule has 0 spiro atoms. The van der Waals surface area contributed by atoms with E-state index in [1.807, 2.05) is 18.2 Å². The third-order valence-electron chi connectivity index (χ3n) is 3.09. The van der Waals surface area contributed by atoms with Gasteiger partial charge in [-0.1, -0.05) is 17.7 Å². The molecule has 2 nitrogen and oxygen atoms in total. The van der Waals surface area contributed by atoms with Crippen molar-refractivity contribution < 1.29 is 5.11 Å². The number of benzene rings is 1. The molecule has 0 bridgehead atoms. The van der Waals surface area contributed by atoms with E-state index >= 15 is 0 Å². The quantitative estimate of drug-likeness (QED) is 0.871. The number of anilines is 1. The van der Waals surface area contributed by atoms with Crippen LogP contribution in [0.25, 0.3) is 0 Å². The Labute approximate surface area is 102 Å². The Bertz CT molecular complexity index is 374. The van der Waals surface area contributed by atoms with Crippen molar-refractivity contribution in [1.82, 2.24) is 0 Å². The SMILES string of the molecule is CCN(c1ccc([C@@H](C)O)cc1Cl)C1CC1. The summed E-state index contributed by atoms with van der Waals surface area (Å²) in [4.78, 5) is 2.34. The lowest BCUT2D eigenvalue weighted by atomic mass is 10.1. The molecule has 1 aliphatic rings. The van der Waals surface area contributed by atoms with E-state index in [1.165, 1.54) is 12.8 Å². The van der Waals surface area contributed by atoms with Gasteiger partial charge in [0, 0.05) is 12.6 Å². The molecule has 2 rings (SSSR count).